The summed E-state index contributed by atoms with van der Waals surface area (Å²) in [6.07, 6.45) is 1.21. The number of hydrogen-bond acceptors (Lipinski definition) is 4. The van der Waals surface area contributed by atoms with Gasteiger partial charge in [0, 0.05) is 31.1 Å². The molecule has 0 atom stereocenters. The van der Waals surface area contributed by atoms with E-state index in [1.165, 1.54) is 6.20 Å². The number of alkyl halides is 2. The second-order valence-corrected chi connectivity index (χ2v) is 8.74. The molecule has 0 unspecified atom stereocenters. The Bertz CT molecular complexity index is 1090. The van der Waals surface area contributed by atoms with Crippen molar-refractivity contribution in [2.75, 3.05) is 13.1 Å². The number of nitrogens with zero attached hydrogens (tertiary/aromatic N) is 2. The molecule has 2 aromatic carbocycles. The van der Waals surface area contributed by atoms with E-state index in [9.17, 15) is 17.2 Å². The van der Waals surface area contributed by atoms with Crippen LogP contribution in [-0.2, 0) is 16.4 Å². The summed E-state index contributed by atoms with van der Waals surface area (Å²) in [6, 6.07) is 15.2. The Morgan fingerprint density at radius 3 is 2.46 bits per heavy atom. The molecule has 28 heavy (non-hydrogen) atoms. The highest BCUT2D eigenvalue weighted by atomic mass is 35.5. The predicted octanol–water partition coefficient (Wildman–Crippen LogP) is 4.33. The summed E-state index contributed by atoms with van der Waals surface area (Å²) in [5, 5.41) is 0.676. The minimum Gasteiger partial charge on any atom is -0.293 e. The largest absolute Gasteiger partial charge is 0.293 e. The Balaban J connectivity index is 0.00000225. The Morgan fingerprint density at radius 2 is 1.79 bits per heavy atom. The molecule has 0 N–H and O–H groups in total. The van der Waals surface area contributed by atoms with Gasteiger partial charge in [-0.25, -0.2) is 17.2 Å². The number of hydrogen-bond donors (Lipinski definition) is 0. The number of fused-ring (bicyclic) bond motifs is 1. The van der Waals surface area contributed by atoms with Crippen LogP contribution in [0.15, 0.2) is 70.6 Å². The monoisotopic (exact) mass is 424 g/mol. The van der Waals surface area contributed by atoms with Crippen LogP contribution in [0.4, 0.5) is 8.78 Å². The van der Waals surface area contributed by atoms with Crippen molar-refractivity contribution in [1.82, 2.24) is 9.88 Å². The normalized spacial score (nSPS) is 16.8. The highest BCUT2D eigenvalue weighted by molar-refractivity contribution is 7.91. The van der Waals surface area contributed by atoms with Crippen molar-refractivity contribution < 1.29 is 17.2 Å². The van der Waals surface area contributed by atoms with Gasteiger partial charge in [0.05, 0.1) is 21.9 Å². The van der Waals surface area contributed by atoms with Gasteiger partial charge in [0.15, 0.2) is 0 Å². The van der Waals surface area contributed by atoms with Crippen molar-refractivity contribution in [2.45, 2.75) is 28.7 Å². The van der Waals surface area contributed by atoms with Crippen LogP contribution in [0.3, 0.4) is 0 Å². The van der Waals surface area contributed by atoms with E-state index in [4.69, 9.17) is 0 Å². The lowest BCUT2D eigenvalue weighted by Gasteiger charge is -2.16. The molecule has 0 spiro atoms. The molecule has 8 heteroatoms. The molecular formula is C20H19ClF2N2O2S. The van der Waals surface area contributed by atoms with Gasteiger partial charge in [0.1, 0.15) is 0 Å². The van der Waals surface area contributed by atoms with E-state index in [0.717, 1.165) is 5.56 Å². The number of para-hydroxylation sites is 1. The number of rotatable bonds is 4. The maximum atomic E-state index is 13.4. The highest BCUT2D eigenvalue weighted by Gasteiger charge is 2.38. The molecule has 0 amide bonds. The fourth-order valence-electron chi connectivity index (χ4n) is 3.40. The van der Waals surface area contributed by atoms with Crippen molar-refractivity contribution in [3.63, 3.8) is 0 Å². The van der Waals surface area contributed by atoms with Gasteiger partial charge in [-0.05, 0) is 23.8 Å². The first-order valence-corrected chi connectivity index (χ1v) is 10.1. The van der Waals surface area contributed by atoms with E-state index in [1.807, 2.05) is 6.07 Å². The second-order valence-electron chi connectivity index (χ2n) is 6.79. The van der Waals surface area contributed by atoms with Gasteiger partial charge in [-0.1, -0.05) is 36.4 Å². The van der Waals surface area contributed by atoms with Crippen LogP contribution in [0, 0.1) is 0 Å². The smallest absolute Gasteiger partial charge is 0.261 e. The van der Waals surface area contributed by atoms with Crippen LogP contribution in [-0.4, -0.2) is 37.3 Å². The second kappa shape index (κ2) is 7.73. The summed E-state index contributed by atoms with van der Waals surface area (Å²) in [5.74, 6) is -2.64. The third kappa shape index (κ3) is 4.01. The third-order valence-corrected chi connectivity index (χ3v) is 6.51. The minimum absolute atomic E-state index is 0. The molecule has 1 aliphatic heterocycles. The molecule has 0 radical (unpaired) electrons. The predicted molar refractivity (Wildman–Crippen MR) is 106 cm³/mol. The number of aromatic nitrogens is 1. The van der Waals surface area contributed by atoms with Gasteiger partial charge in [0.2, 0.25) is 9.84 Å². The van der Waals surface area contributed by atoms with Gasteiger partial charge < -0.3 is 0 Å². The quantitative estimate of drug-likeness (QED) is 0.625. The van der Waals surface area contributed by atoms with E-state index >= 15 is 0 Å². The van der Waals surface area contributed by atoms with Crippen molar-refractivity contribution in [3.8, 4) is 0 Å². The summed E-state index contributed by atoms with van der Waals surface area (Å²) in [5.41, 5.74) is 1.45. The fraction of sp³-hybridized carbons (Fsp3) is 0.250. The van der Waals surface area contributed by atoms with Crippen LogP contribution in [0.5, 0.6) is 0 Å². The molecule has 1 saturated heterocycles. The van der Waals surface area contributed by atoms with Gasteiger partial charge in [0.25, 0.3) is 5.92 Å². The van der Waals surface area contributed by atoms with Gasteiger partial charge >= 0.3 is 0 Å². The van der Waals surface area contributed by atoms with Crippen molar-refractivity contribution in [3.05, 3.63) is 66.4 Å². The molecule has 0 saturated carbocycles. The molecule has 4 nitrogen and oxygen atoms in total. The Hall–Kier alpha value is -2.09. The summed E-state index contributed by atoms with van der Waals surface area (Å²) >= 11 is 0. The molecule has 3 aromatic rings. The third-order valence-electron chi connectivity index (χ3n) is 4.78. The first-order valence-electron chi connectivity index (χ1n) is 8.63. The fourth-order valence-corrected chi connectivity index (χ4v) is 4.66. The molecule has 0 aliphatic carbocycles. The van der Waals surface area contributed by atoms with E-state index in [1.54, 1.807) is 53.4 Å². The van der Waals surface area contributed by atoms with Gasteiger partial charge in [-0.2, -0.15) is 0 Å². The molecular weight excluding hydrogens is 406 g/mol. The SMILES string of the molecule is Cl.O=S(=O)(c1ccccc1)c1cnc2c(CN3CCC(F)(F)C3)cccc2c1. The molecule has 1 fully saturated rings. The molecule has 0 bridgehead atoms. The maximum Gasteiger partial charge on any atom is 0.261 e. The number of benzene rings is 2. The zero-order valence-corrected chi connectivity index (χ0v) is 16.5. The number of likely N-dealkylation sites (tertiary alicyclic amines) is 1. The standard InChI is InChI=1S/C20H18F2N2O2S.ClH/c21-20(22)9-10-24(14-20)13-16-6-4-5-15-11-18(12-23-19(15)16)27(25,26)17-7-2-1-3-8-17;/h1-8,11-12H,9-10,13-14H2;1H. The Kier molecular flexibility index (Phi) is 5.70. The number of pyridine rings is 1. The van der Waals surface area contributed by atoms with Gasteiger partial charge in [-0.3, -0.25) is 9.88 Å². The van der Waals surface area contributed by atoms with Crippen LogP contribution in [0.25, 0.3) is 10.9 Å². The maximum absolute atomic E-state index is 13.4. The van der Waals surface area contributed by atoms with Crippen LogP contribution >= 0.6 is 12.4 Å². The number of sulfone groups is 1. The summed E-state index contributed by atoms with van der Waals surface area (Å²) in [6.45, 7) is 0.443. The molecule has 2 heterocycles. The summed E-state index contributed by atoms with van der Waals surface area (Å²) in [7, 11) is -3.65. The average molecular weight is 425 g/mol. The molecule has 148 valence electrons. The van der Waals surface area contributed by atoms with Crippen molar-refractivity contribution in [2.24, 2.45) is 0 Å². The Labute approximate surface area is 168 Å². The summed E-state index contributed by atoms with van der Waals surface area (Å²) < 4.78 is 52.4. The minimum atomic E-state index is -3.65. The van der Waals surface area contributed by atoms with Crippen LogP contribution in [0.1, 0.15) is 12.0 Å². The highest BCUT2D eigenvalue weighted by Crippen LogP contribution is 2.30. The van der Waals surface area contributed by atoms with E-state index < -0.39 is 15.8 Å². The first-order chi connectivity index (χ1) is 12.9. The molecule has 4 rings (SSSR count). The topological polar surface area (TPSA) is 50.3 Å². The zero-order chi connectivity index (χ0) is 19.1. The lowest BCUT2D eigenvalue weighted by atomic mass is 10.1. The molecule has 1 aromatic heterocycles. The number of halogens is 3. The van der Waals surface area contributed by atoms with E-state index in [-0.39, 0.29) is 35.2 Å². The average Bonchev–Trinajstić information content (AvgIpc) is 3.00. The van der Waals surface area contributed by atoms with E-state index in [0.29, 0.717) is 24.0 Å². The van der Waals surface area contributed by atoms with E-state index in [2.05, 4.69) is 4.98 Å². The lowest BCUT2D eigenvalue weighted by molar-refractivity contribution is 0.0115. The van der Waals surface area contributed by atoms with Crippen LogP contribution in [0.2, 0.25) is 0 Å². The zero-order valence-electron chi connectivity index (χ0n) is 14.9. The first kappa shape index (κ1) is 20.6. The molecule has 1 aliphatic rings. The Morgan fingerprint density at radius 1 is 1.04 bits per heavy atom. The van der Waals surface area contributed by atoms with Crippen molar-refractivity contribution in [1.29, 1.82) is 0 Å². The summed E-state index contributed by atoms with van der Waals surface area (Å²) in [4.78, 5) is 6.38. The van der Waals surface area contributed by atoms with Gasteiger partial charge in [-0.15, -0.1) is 12.4 Å². The van der Waals surface area contributed by atoms with Crippen molar-refractivity contribution >= 4 is 33.1 Å². The lowest BCUT2D eigenvalue weighted by Crippen LogP contribution is -2.25. The van der Waals surface area contributed by atoms with Crippen LogP contribution < -0.4 is 0 Å².